The van der Waals surface area contributed by atoms with Crippen molar-refractivity contribution in [2.45, 2.75) is 12.7 Å². The first-order chi connectivity index (χ1) is 12.6. The van der Waals surface area contributed by atoms with Crippen LogP contribution in [0.5, 0.6) is 0 Å². The number of carbonyl (C=O) groups excluding carboxylic acids is 1. The SMILES string of the molecule is Cn1nc(C(=O)Nc2nn(Cc3ccccc3F)cc2Cl)cc1C(F)(F)F. The molecule has 142 valence electrons. The van der Waals surface area contributed by atoms with E-state index in [2.05, 4.69) is 15.5 Å². The number of amides is 1. The lowest BCUT2D eigenvalue weighted by Gasteiger charge is -2.04. The van der Waals surface area contributed by atoms with Crippen LogP contribution in [0.25, 0.3) is 0 Å². The minimum Gasteiger partial charge on any atom is -0.302 e. The molecule has 0 spiro atoms. The van der Waals surface area contributed by atoms with E-state index in [1.165, 1.54) is 16.9 Å². The molecule has 1 amide bonds. The Kier molecular flexibility index (Phi) is 4.92. The Morgan fingerprint density at radius 3 is 2.59 bits per heavy atom. The van der Waals surface area contributed by atoms with Crippen molar-refractivity contribution in [2.75, 3.05) is 5.32 Å². The molecule has 0 aliphatic heterocycles. The summed E-state index contributed by atoms with van der Waals surface area (Å²) in [7, 11) is 1.08. The number of nitrogens with zero attached hydrogens (tertiary/aromatic N) is 4. The lowest BCUT2D eigenvalue weighted by Crippen LogP contribution is -2.14. The van der Waals surface area contributed by atoms with Crippen molar-refractivity contribution in [1.29, 1.82) is 0 Å². The molecule has 0 unspecified atom stereocenters. The molecule has 2 heterocycles. The molecule has 0 saturated carbocycles. The van der Waals surface area contributed by atoms with Crippen molar-refractivity contribution in [3.8, 4) is 0 Å². The minimum absolute atomic E-state index is 0.0478. The lowest BCUT2D eigenvalue weighted by molar-refractivity contribution is -0.143. The first-order valence-corrected chi connectivity index (χ1v) is 7.92. The summed E-state index contributed by atoms with van der Waals surface area (Å²) in [5.41, 5.74) is -1.15. The van der Waals surface area contributed by atoms with E-state index in [9.17, 15) is 22.4 Å². The summed E-state index contributed by atoms with van der Waals surface area (Å²) < 4.78 is 54.0. The Morgan fingerprint density at radius 1 is 1.26 bits per heavy atom. The molecule has 0 aliphatic rings. The molecular weight excluding hydrogens is 390 g/mol. The molecule has 3 aromatic rings. The molecule has 0 aliphatic carbocycles. The van der Waals surface area contributed by atoms with Crippen LogP contribution in [-0.2, 0) is 19.8 Å². The number of hydrogen-bond acceptors (Lipinski definition) is 3. The number of aromatic nitrogens is 4. The van der Waals surface area contributed by atoms with Gasteiger partial charge in [0.15, 0.2) is 11.5 Å². The van der Waals surface area contributed by atoms with Crippen LogP contribution >= 0.6 is 11.6 Å². The fraction of sp³-hybridized carbons (Fsp3) is 0.188. The second-order valence-corrected chi connectivity index (χ2v) is 6.01. The van der Waals surface area contributed by atoms with Gasteiger partial charge in [-0.3, -0.25) is 14.2 Å². The molecule has 3 rings (SSSR count). The van der Waals surface area contributed by atoms with Gasteiger partial charge in [-0.05, 0) is 6.07 Å². The van der Waals surface area contributed by atoms with Gasteiger partial charge in [0.1, 0.15) is 16.5 Å². The van der Waals surface area contributed by atoms with Gasteiger partial charge in [-0.15, -0.1) is 0 Å². The smallest absolute Gasteiger partial charge is 0.302 e. The number of carbonyl (C=O) groups is 1. The largest absolute Gasteiger partial charge is 0.433 e. The van der Waals surface area contributed by atoms with Gasteiger partial charge in [-0.1, -0.05) is 29.8 Å². The summed E-state index contributed by atoms with van der Waals surface area (Å²) in [6, 6.07) is 6.69. The molecule has 27 heavy (non-hydrogen) atoms. The van der Waals surface area contributed by atoms with Crippen LogP contribution in [-0.4, -0.2) is 25.5 Å². The zero-order valence-electron chi connectivity index (χ0n) is 13.8. The summed E-state index contributed by atoms with van der Waals surface area (Å²) in [4.78, 5) is 12.2. The number of rotatable bonds is 4. The highest BCUT2D eigenvalue weighted by Crippen LogP contribution is 2.29. The third kappa shape index (κ3) is 4.11. The van der Waals surface area contributed by atoms with Crippen LogP contribution in [0.4, 0.5) is 23.4 Å². The number of hydrogen-bond donors (Lipinski definition) is 1. The highest BCUT2D eigenvalue weighted by Gasteiger charge is 2.35. The van der Waals surface area contributed by atoms with Crippen LogP contribution in [0.15, 0.2) is 36.5 Å². The molecule has 2 aromatic heterocycles. The van der Waals surface area contributed by atoms with Gasteiger partial charge in [0.05, 0.1) is 6.54 Å². The molecule has 1 aromatic carbocycles. The summed E-state index contributed by atoms with van der Waals surface area (Å²) in [6.45, 7) is 0.0596. The Labute approximate surface area is 155 Å². The molecular formula is C16H12ClF4N5O. The van der Waals surface area contributed by atoms with Gasteiger partial charge in [0.25, 0.3) is 5.91 Å². The van der Waals surface area contributed by atoms with Gasteiger partial charge < -0.3 is 5.32 Å². The normalized spacial score (nSPS) is 11.6. The number of aryl methyl sites for hydroxylation is 1. The number of anilines is 1. The third-order valence-electron chi connectivity index (χ3n) is 3.64. The predicted molar refractivity (Wildman–Crippen MR) is 88.9 cm³/mol. The predicted octanol–water partition coefficient (Wildman–Crippen LogP) is 3.73. The number of nitrogens with one attached hydrogen (secondary N) is 1. The lowest BCUT2D eigenvalue weighted by atomic mass is 10.2. The van der Waals surface area contributed by atoms with Gasteiger partial charge in [0, 0.05) is 24.9 Å². The molecule has 11 heteroatoms. The maximum atomic E-state index is 13.7. The van der Waals surface area contributed by atoms with Crippen molar-refractivity contribution in [1.82, 2.24) is 19.6 Å². The number of alkyl halides is 3. The summed E-state index contributed by atoms with van der Waals surface area (Å²) >= 11 is 5.99. The molecule has 0 fully saturated rings. The van der Waals surface area contributed by atoms with Crippen molar-refractivity contribution >= 4 is 23.3 Å². The first-order valence-electron chi connectivity index (χ1n) is 7.54. The van der Waals surface area contributed by atoms with E-state index >= 15 is 0 Å². The zero-order valence-corrected chi connectivity index (χ0v) is 14.5. The van der Waals surface area contributed by atoms with E-state index in [1.54, 1.807) is 18.2 Å². The molecule has 6 nitrogen and oxygen atoms in total. The van der Waals surface area contributed by atoms with Crippen LogP contribution in [0, 0.1) is 5.82 Å². The van der Waals surface area contributed by atoms with Crippen LogP contribution in [0.1, 0.15) is 21.7 Å². The third-order valence-corrected chi connectivity index (χ3v) is 3.92. The summed E-state index contributed by atoms with van der Waals surface area (Å²) in [5, 5.41) is 9.91. The number of halogens is 5. The van der Waals surface area contributed by atoms with E-state index in [0.717, 1.165) is 7.05 Å². The summed E-state index contributed by atoms with van der Waals surface area (Å²) in [6.07, 6.45) is -3.28. The highest BCUT2D eigenvalue weighted by atomic mass is 35.5. The average molecular weight is 402 g/mol. The second-order valence-electron chi connectivity index (χ2n) is 5.60. The molecule has 0 radical (unpaired) electrons. The van der Waals surface area contributed by atoms with Crippen molar-refractivity contribution in [3.05, 3.63) is 64.3 Å². The molecule has 0 saturated heterocycles. The Morgan fingerprint density at radius 2 is 1.96 bits per heavy atom. The fourth-order valence-corrected chi connectivity index (χ4v) is 2.58. The Bertz CT molecular complexity index is 995. The Balaban J connectivity index is 1.77. The maximum absolute atomic E-state index is 13.7. The molecule has 0 bridgehead atoms. The molecule has 0 atom stereocenters. The second kappa shape index (κ2) is 7.03. The van der Waals surface area contributed by atoms with E-state index in [4.69, 9.17) is 11.6 Å². The van der Waals surface area contributed by atoms with Crippen molar-refractivity contribution < 1.29 is 22.4 Å². The van der Waals surface area contributed by atoms with Gasteiger partial charge in [-0.25, -0.2) is 4.39 Å². The van der Waals surface area contributed by atoms with Gasteiger partial charge in [0.2, 0.25) is 0 Å². The topological polar surface area (TPSA) is 64.7 Å². The van der Waals surface area contributed by atoms with Gasteiger partial charge in [-0.2, -0.15) is 23.4 Å². The van der Waals surface area contributed by atoms with E-state index in [-0.39, 0.29) is 17.4 Å². The standard InChI is InChI=1S/C16H12ClF4N5O/c1-25-13(16(19,20)21)6-12(23-25)15(27)22-14-10(17)8-26(24-14)7-9-4-2-3-5-11(9)18/h2-6,8H,7H2,1H3,(H,22,24,27). The van der Waals surface area contributed by atoms with Crippen LogP contribution < -0.4 is 5.32 Å². The molecule has 1 N–H and O–H groups in total. The van der Waals surface area contributed by atoms with Crippen molar-refractivity contribution in [3.63, 3.8) is 0 Å². The number of benzene rings is 1. The van der Waals surface area contributed by atoms with Crippen molar-refractivity contribution in [2.24, 2.45) is 7.05 Å². The Hall–Kier alpha value is -2.88. The van der Waals surface area contributed by atoms with E-state index < -0.39 is 29.3 Å². The average Bonchev–Trinajstić information content (AvgIpc) is 3.13. The van der Waals surface area contributed by atoms with Crippen LogP contribution in [0.3, 0.4) is 0 Å². The minimum atomic E-state index is -4.64. The monoisotopic (exact) mass is 401 g/mol. The van der Waals surface area contributed by atoms with E-state index in [1.807, 2.05) is 0 Å². The zero-order chi connectivity index (χ0) is 19.8. The van der Waals surface area contributed by atoms with Crippen LogP contribution in [0.2, 0.25) is 5.02 Å². The first kappa shape index (κ1) is 18.9. The summed E-state index contributed by atoms with van der Waals surface area (Å²) in [5.74, 6) is -1.40. The van der Waals surface area contributed by atoms with E-state index in [0.29, 0.717) is 16.3 Å². The fourth-order valence-electron chi connectivity index (χ4n) is 2.38. The van der Waals surface area contributed by atoms with Gasteiger partial charge >= 0.3 is 6.18 Å². The quantitative estimate of drug-likeness (QED) is 0.677. The maximum Gasteiger partial charge on any atom is 0.433 e. The highest BCUT2D eigenvalue weighted by molar-refractivity contribution is 6.33.